The highest BCUT2D eigenvalue weighted by atomic mass is 32.1. The van der Waals surface area contributed by atoms with Crippen LogP contribution in [0.2, 0.25) is 0 Å². The monoisotopic (exact) mass is 392 g/mol. The largest absolute Gasteiger partial charge is 0.462 e. The Kier molecular flexibility index (Phi) is 5.54. The maximum Gasteiger partial charge on any atom is 0.341 e. The van der Waals surface area contributed by atoms with Crippen molar-refractivity contribution in [2.75, 3.05) is 11.9 Å². The van der Waals surface area contributed by atoms with E-state index in [4.69, 9.17) is 4.74 Å². The highest BCUT2D eigenvalue weighted by Gasteiger charge is 2.30. The quantitative estimate of drug-likeness (QED) is 0.459. The molecule has 0 bridgehead atoms. The molecule has 0 aliphatic heterocycles. The van der Waals surface area contributed by atoms with Gasteiger partial charge in [0, 0.05) is 11.9 Å². The van der Waals surface area contributed by atoms with Crippen LogP contribution in [0.5, 0.6) is 0 Å². The van der Waals surface area contributed by atoms with Crippen LogP contribution in [-0.4, -0.2) is 33.2 Å². The highest BCUT2D eigenvalue weighted by molar-refractivity contribution is 7.17. The number of nitrogens with one attached hydrogen (secondary N) is 1. The van der Waals surface area contributed by atoms with Crippen molar-refractivity contribution in [3.05, 3.63) is 38.0 Å². The number of amides is 1. The van der Waals surface area contributed by atoms with Crippen LogP contribution in [0.4, 0.5) is 10.7 Å². The first kappa shape index (κ1) is 19.0. The minimum Gasteiger partial charge on any atom is -0.462 e. The van der Waals surface area contributed by atoms with E-state index in [-0.39, 0.29) is 11.4 Å². The van der Waals surface area contributed by atoms with Crippen LogP contribution in [0, 0.1) is 10.1 Å². The van der Waals surface area contributed by atoms with Gasteiger partial charge in [0.1, 0.15) is 11.2 Å². The van der Waals surface area contributed by atoms with E-state index >= 15 is 0 Å². The van der Waals surface area contributed by atoms with E-state index in [0.29, 0.717) is 23.6 Å². The predicted octanol–water partition coefficient (Wildman–Crippen LogP) is 3.09. The lowest BCUT2D eigenvalue weighted by atomic mass is 9.95. The molecule has 2 aromatic heterocycles. The molecular weight excluding hydrogens is 372 g/mol. The lowest BCUT2D eigenvalue weighted by molar-refractivity contribution is -0.385. The summed E-state index contributed by atoms with van der Waals surface area (Å²) in [6.07, 6.45) is 5.32. The Balaban J connectivity index is 1.96. The van der Waals surface area contributed by atoms with Crippen molar-refractivity contribution in [3.63, 3.8) is 0 Å². The van der Waals surface area contributed by atoms with Crippen LogP contribution in [0.3, 0.4) is 0 Å². The Morgan fingerprint density at radius 2 is 2.15 bits per heavy atom. The molecule has 1 amide bonds. The van der Waals surface area contributed by atoms with E-state index in [1.165, 1.54) is 18.4 Å². The average Bonchev–Trinajstić information content (AvgIpc) is 3.19. The zero-order valence-electron chi connectivity index (χ0n) is 15.1. The van der Waals surface area contributed by atoms with Crippen molar-refractivity contribution in [1.29, 1.82) is 0 Å². The number of rotatable bonds is 6. The number of carbonyl (C=O) groups excluding carboxylic acids is 2. The van der Waals surface area contributed by atoms with Gasteiger partial charge in [-0.1, -0.05) is 6.92 Å². The molecule has 0 unspecified atom stereocenters. The summed E-state index contributed by atoms with van der Waals surface area (Å²) >= 11 is 1.34. The molecule has 3 rings (SSSR count). The summed E-state index contributed by atoms with van der Waals surface area (Å²) in [6.45, 7) is 2.20. The van der Waals surface area contributed by atoms with E-state index in [9.17, 15) is 19.7 Å². The van der Waals surface area contributed by atoms with Gasteiger partial charge in [-0.05, 0) is 37.7 Å². The summed E-state index contributed by atoms with van der Waals surface area (Å²) in [5.41, 5.74) is 0.745. The molecule has 2 heterocycles. The third-order valence-corrected chi connectivity index (χ3v) is 5.58. The second kappa shape index (κ2) is 7.87. The molecule has 27 heavy (non-hydrogen) atoms. The molecular formula is C17H20N4O5S. The Labute approximate surface area is 159 Å². The fourth-order valence-corrected chi connectivity index (χ4v) is 4.39. The van der Waals surface area contributed by atoms with Crippen molar-refractivity contribution < 1.29 is 19.2 Å². The van der Waals surface area contributed by atoms with Gasteiger partial charge < -0.3 is 10.1 Å². The molecule has 0 fully saturated rings. The summed E-state index contributed by atoms with van der Waals surface area (Å²) in [4.78, 5) is 36.8. The van der Waals surface area contributed by atoms with Gasteiger partial charge in [-0.25, -0.2) is 4.79 Å². The number of hydrogen-bond acceptors (Lipinski definition) is 7. The normalized spacial score (nSPS) is 13.1. The smallest absolute Gasteiger partial charge is 0.341 e. The molecule has 9 nitrogen and oxygen atoms in total. The minimum absolute atomic E-state index is 0.167. The molecule has 1 aliphatic carbocycles. The molecule has 1 N–H and O–H groups in total. The third-order valence-electron chi connectivity index (χ3n) is 4.37. The number of aryl methyl sites for hydroxylation is 2. The number of fused-ring (bicyclic) bond motifs is 1. The summed E-state index contributed by atoms with van der Waals surface area (Å²) in [5, 5.41) is 18.0. The SMILES string of the molecule is CCCOC(=O)c1c(NC(=O)c2c([N+](=O)[O-])cnn2C)sc2c1CCCC2. The maximum atomic E-state index is 12.7. The van der Waals surface area contributed by atoms with Gasteiger partial charge in [0.15, 0.2) is 0 Å². The van der Waals surface area contributed by atoms with Gasteiger partial charge >= 0.3 is 11.7 Å². The number of ether oxygens (including phenoxy) is 1. The van der Waals surface area contributed by atoms with Crippen LogP contribution in [0.1, 0.15) is 57.5 Å². The third kappa shape index (κ3) is 3.70. The standard InChI is InChI=1S/C17H20N4O5S/c1-3-8-26-17(23)13-10-6-4-5-7-12(10)27-16(13)19-15(22)14-11(21(24)25)9-18-20(14)2/h9H,3-8H2,1-2H3,(H,19,22). The van der Waals surface area contributed by atoms with Gasteiger partial charge in [-0.2, -0.15) is 5.10 Å². The topological polar surface area (TPSA) is 116 Å². The van der Waals surface area contributed by atoms with Crippen LogP contribution in [0.15, 0.2) is 6.20 Å². The number of thiophene rings is 1. The summed E-state index contributed by atoms with van der Waals surface area (Å²) in [6, 6.07) is 0. The number of carbonyl (C=O) groups is 2. The van der Waals surface area contributed by atoms with Crippen molar-refractivity contribution in [3.8, 4) is 0 Å². The Hall–Kier alpha value is -2.75. The van der Waals surface area contributed by atoms with E-state index in [1.807, 2.05) is 6.92 Å². The van der Waals surface area contributed by atoms with Crippen LogP contribution < -0.4 is 5.32 Å². The Morgan fingerprint density at radius 3 is 2.85 bits per heavy atom. The molecule has 0 saturated carbocycles. The maximum absolute atomic E-state index is 12.7. The molecule has 2 aromatic rings. The van der Waals surface area contributed by atoms with Gasteiger partial charge in [-0.15, -0.1) is 11.3 Å². The van der Waals surface area contributed by atoms with E-state index < -0.39 is 16.8 Å². The zero-order valence-corrected chi connectivity index (χ0v) is 15.9. The molecule has 0 spiro atoms. The van der Waals surface area contributed by atoms with Gasteiger partial charge in [0.25, 0.3) is 5.91 Å². The van der Waals surface area contributed by atoms with E-state index in [1.54, 1.807) is 0 Å². The predicted molar refractivity (Wildman–Crippen MR) is 99.4 cm³/mol. The lowest BCUT2D eigenvalue weighted by Gasteiger charge is -2.12. The number of nitro groups is 1. The molecule has 0 radical (unpaired) electrons. The van der Waals surface area contributed by atoms with Crippen LogP contribution in [-0.2, 0) is 24.6 Å². The molecule has 0 aromatic carbocycles. The number of nitrogens with zero attached hydrogens (tertiary/aromatic N) is 3. The molecule has 10 heteroatoms. The minimum atomic E-state index is -0.676. The Bertz CT molecular complexity index is 902. The van der Waals surface area contributed by atoms with Gasteiger partial charge in [0.05, 0.1) is 17.1 Å². The fourth-order valence-electron chi connectivity index (χ4n) is 3.12. The van der Waals surface area contributed by atoms with E-state index in [0.717, 1.165) is 47.0 Å². The number of anilines is 1. The van der Waals surface area contributed by atoms with Crippen molar-refractivity contribution >= 4 is 33.9 Å². The average molecular weight is 392 g/mol. The van der Waals surface area contributed by atoms with Crippen LogP contribution >= 0.6 is 11.3 Å². The fraction of sp³-hybridized carbons (Fsp3) is 0.471. The Morgan fingerprint density at radius 1 is 1.41 bits per heavy atom. The first-order valence-corrected chi connectivity index (χ1v) is 9.55. The summed E-state index contributed by atoms with van der Waals surface area (Å²) in [5.74, 6) is -1.14. The van der Waals surface area contributed by atoms with E-state index in [2.05, 4.69) is 10.4 Å². The van der Waals surface area contributed by atoms with Crippen LogP contribution in [0.25, 0.3) is 0 Å². The summed E-state index contributed by atoms with van der Waals surface area (Å²) in [7, 11) is 1.46. The second-order valence-corrected chi connectivity index (χ2v) is 7.37. The lowest BCUT2D eigenvalue weighted by Crippen LogP contribution is -2.19. The van der Waals surface area contributed by atoms with Crippen molar-refractivity contribution in [2.45, 2.75) is 39.0 Å². The highest BCUT2D eigenvalue weighted by Crippen LogP contribution is 2.39. The first-order valence-electron chi connectivity index (χ1n) is 8.73. The number of hydrogen-bond donors (Lipinski definition) is 1. The zero-order chi connectivity index (χ0) is 19.6. The molecule has 144 valence electrons. The van der Waals surface area contributed by atoms with Gasteiger partial charge in [-0.3, -0.25) is 19.6 Å². The van der Waals surface area contributed by atoms with Crippen molar-refractivity contribution in [1.82, 2.24) is 9.78 Å². The first-order chi connectivity index (χ1) is 12.9. The van der Waals surface area contributed by atoms with Crippen molar-refractivity contribution in [2.24, 2.45) is 7.05 Å². The van der Waals surface area contributed by atoms with Gasteiger partial charge in [0.2, 0.25) is 5.69 Å². The molecule has 0 saturated heterocycles. The summed E-state index contributed by atoms with van der Waals surface area (Å²) < 4.78 is 6.44. The molecule has 0 atom stereocenters. The number of aromatic nitrogens is 2. The number of esters is 1. The second-order valence-electron chi connectivity index (χ2n) is 6.26. The molecule has 1 aliphatic rings.